The molecular formula is C22H15N3O3S. The summed E-state index contributed by atoms with van der Waals surface area (Å²) in [6.07, 6.45) is 1.55. The van der Waals surface area contributed by atoms with Gasteiger partial charge in [-0.05, 0) is 48.2 Å². The molecule has 0 radical (unpaired) electrons. The SMILES string of the molecule is O=C1/C(=C/c2ccccc2[N+](=O)[O-])SC(=Nc2ccccc2)N1c1ccccc1. The van der Waals surface area contributed by atoms with Crippen LogP contribution in [0.25, 0.3) is 6.08 Å². The Bertz CT molecular complexity index is 1130. The number of amidine groups is 1. The predicted octanol–water partition coefficient (Wildman–Crippen LogP) is 5.40. The van der Waals surface area contributed by atoms with Crippen LogP contribution in [0.2, 0.25) is 0 Å². The molecule has 0 N–H and O–H groups in total. The molecular weight excluding hydrogens is 386 g/mol. The van der Waals surface area contributed by atoms with Crippen LogP contribution in [0.3, 0.4) is 0 Å². The van der Waals surface area contributed by atoms with Crippen LogP contribution in [0.4, 0.5) is 17.1 Å². The van der Waals surface area contributed by atoms with Gasteiger partial charge < -0.3 is 0 Å². The van der Waals surface area contributed by atoms with Crippen LogP contribution in [-0.4, -0.2) is 16.0 Å². The van der Waals surface area contributed by atoms with Gasteiger partial charge in [0.1, 0.15) is 0 Å². The molecule has 1 aliphatic heterocycles. The summed E-state index contributed by atoms with van der Waals surface area (Å²) < 4.78 is 0. The number of hydrogen-bond donors (Lipinski definition) is 0. The van der Waals surface area contributed by atoms with E-state index in [0.717, 1.165) is 5.69 Å². The number of nitro benzene ring substituents is 1. The first-order valence-electron chi connectivity index (χ1n) is 8.80. The van der Waals surface area contributed by atoms with E-state index in [1.165, 1.54) is 22.7 Å². The van der Waals surface area contributed by atoms with Gasteiger partial charge in [0.2, 0.25) is 0 Å². The smallest absolute Gasteiger partial charge is 0.268 e. The van der Waals surface area contributed by atoms with Crippen molar-refractivity contribution in [2.24, 2.45) is 4.99 Å². The third-order valence-corrected chi connectivity index (χ3v) is 5.19. The van der Waals surface area contributed by atoms with Gasteiger partial charge in [-0.3, -0.25) is 19.8 Å². The maximum atomic E-state index is 13.2. The zero-order valence-electron chi connectivity index (χ0n) is 15.1. The molecule has 0 unspecified atom stereocenters. The molecule has 29 heavy (non-hydrogen) atoms. The number of benzene rings is 3. The third-order valence-electron chi connectivity index (χ3n) is 4.22. The number of rotatable bonds is 4. The monoisotopic (exact) mass is 401 g/mol. The minimum atomic E-state index is -0.454. The first kappa shape index (κ1) is 18.6. The van der Waals surface area contributed by atoms with Crippen molar-refractivity contribution >= 4 is 46.0 Å². The normalized spacial score (nSPS) is 16.6. The third kappa shape index (κ3) is 3.95. The topological polar surface area (TPSA) is 75.8 Å². The summed E-state index contributed by atoms with van der Waals surface area (Å²) in [5.41, 5.74) is 1.73. The maximum Gasteiger partial charge on any atom is 0.276 e. The van der Waals surface area contributed by atoms with E-state index in [1.807, 2.05) is 60.7 Å². The second-order valence-corrected chi connectivity index (χ2v) is 7.14. The number of anilines is 1. The van der Waals surface area contributed by atoms with Gasteiger partial charge in [0, 0.05) is 6.07 Å². The number of aliphatic imine (C=N–C) groups is 1. The van der Waals surface area contributed by atoms with Gasteiger partial charge in [-0.1, -0.05) is 48.5 Å². The Kier molecular flexibility index (Phi) is 5.22. The lowest BCUT2D eigenvalue weighted by molar-refractivity contribution is -0.385. The molecule has 1 amide bonds. The van der Waals surface area contributed by atoms with E-state index in [1.54, 1.807) is 24.3 Å². The van der Waals surface area contributed by atoms with Crippen LogP contribution in [0.15, 0.2) is 94.8 Å². The Labute approximate surface area is 171 Å². The minimum absolute atomic E-state index is 0.0480. The van der Waals surface area contributed by atoms with Gasteiger partial charge in [0.25, 0.3) is 11.6 Å². The standard InChI is InChI=1S/C22H15N3O3S/c26-21-20(15-16-9-7-8-14-19(16)25(27)28)29-22(23-17-10-3-1-4-11-17)24(21)18-12-5-2-6-13-18/h1-15H/b20-15-,23-22?. The number of para-hydroxylation sites is 3. The molecule has 3 aromatic carbocycles. The van der Waals surface area contributed by atoms with Crippen molar-refractivity contribution in [3.8, 4) is 0 Å². The van der Waals surface area contributed by atoms with Crippen molar-refractivity contribution in [3.05, 3.63) is 106 Å². The first-order valence-corrected chi connectivity index (χ1v) is 9.61. The van der Waals surface area contributed by atoms with E-state index < -0.39 is 4.92 Å². The fraction of sp³-hybridized carbons (Fsp3) is 0. The molecule has 1 fully saturated rings. The Morgan fingerprint density at radius 3 is 2.21 bits per heavy atom. The van der Waals surface area contributed by atoms with Crippen molar-refractivity contribution in [3.63, 3.8) is 0 Å². The quantitative estimate of drug-likeness (QED) is 0.333. The van der Waals surface area contributed by atoms with E-state index >= 15 is 0 Å². The average Bonchev–Trinajstić information content (AvgIpc) is 3.04. The Balaban J connectivity index is 1.80. The molecule has 6 nitrogen and oxygen atoms in total. The molecule has 142 valence electrons. The second-order valence-electron chi connectivity index (χ2n) is 6.13. The number of carbonyl (C=O) groups excluding carboxylic acids is 1. The summed E-state index contributed by atoms with van der Waals surface area (Å²) in [4.78, 5) is 30.6. The van der Waals surface area contributed by atoms with Gasteiger partial charge in [0.05, 0.1) is 26.8 Å². The number of thioether (sulfide) groups is 1. The van der Waals surface area contributed by atoms with E-state index in [-0.39, 0.29) is 11.6 Å². The van der Waals surface area contributed by atoms with Gasteiger partial charge in [-0.25, -0.2) is 4.99 Å². The molecule has 3 aromatic rings. The highest BCUT2D eigenvalue weighted by Gasteiger charge is 2.35. The van der Waals surface area contributed by atoms with Crippen molar-refractivity contribution in [2.75, 3.05) is 4.90 Å². The minimum Gasteiger partial charge on any atom is -0.268 e. The van der Waals surface area contributed by atoms with Crippen LogP contribution < -0.4 is 4.90 Å². The fourth-order valence-corrected chi connectivity index (χ4v) is 3.88. The van der Waals surface area contributed by atoms with E-state index in [9.17, 15) is 14.9 Å². The van der Waals surface area contributed by atoms with Crippen LogP contribution in [-0.2, 0) is 4.79 Å². The molecule has 0 bridgehead atoms. The first-order chi connectivity index (χ1) is 14.1. The number of nitro groups is 1. The molecule has 1 heterocycles. The highest BCUT2D eigenvalue weighted by molar-refractivity contribution is 8.19. The zero-order chi connectivity index (χ0) is 20.2. The summed E-state index contributed by atoms with van der Waals surface area (Å²) >= 11 is 1.20. The zero-order valence-corrected chi connectivity index (χ0v) is 16.0. The van der Waals surface area contributed by atoms with Crippen LogP contribution in [0.5, 0.6) is 0 Å². The highest BCUT2D eigenvalue weighted by atomic mass is 32.2. The molecule has 4 rings (SSSR count). The maximum absolute atomic E-state index is 13.2. The molecule has 1 aliphatic rings. The number of hydrogen-bond acceptors (Lipinski definition) is 5. The fourth-order valence-electron chi connectivity index (χ4n) is 2.88. The molecule has 1 saturated heterocycles. The lowest BCUT2D eigenvalue weighted by atomic mass is 10.1. The van der Waals surface area contributed by atoms with Crippen LogP contribution in [0.1, 0.15) is 5.56 Å². The summed E-state index contributed by atoms with van der Waals surface area (Å²) in [6, 6.07) is 24.9. The predicted molar refractivity (Wildman–Crippen MR) is 116 cm³/mol. The molecule has 0 aromatic heterocycles. The summed E-state index contributed by atoms with van der Waals surface area (Å²) in [5.74, 6) is -0.269. The van der Waals surface area contributed by atoms with E-state index in [0.29, 0.717) is 21.3 Å². The van der Waals surface area contributed by atoms with Crippen molar-refractivity contribution < 1.29 is 9.72 Å². The molecule has 0 aliphatic carbocycles. The van der Waals surface area contributed by atoms with Crippen molar-refractivity contribution in [1.29, 1.82) is 0 Å². The van der Waals surface area contributed by atoms with Crippen LogP contribution in [0, 0.1) is 10.1 Å². The summed E-state index contributed by atoms with van der Waals surface area (Å²) in [5, 5.41) is 11.8. The average molecular weight is 401 g/mol. The summed E-state index contributed by atoms with van der Waals surface area (Å²) in [6.45, 7) is 0. The number of nitrogens with zero attached hydrogens (tertiary/aromatic N) is 3. The number of carbonyl (C=O) groups is 1. The van der Waals surface area contributed by atoms with Crippen molar-refractivity contribution in [1.82, 2.24) is 0 Å². The highest BCUT2D eigenvalue weighted by Crippen LogP contribution is 2.38. The van der Waals surface area contributed by atoms with Gasteiger partial charge >= 0.3 is 0 Å². The second kappa shape index (κ2) is 8.12. The van der Waals surface area contributed by atoms with Gasteiger partial charge in [0.15, 0.2) is 5.17 Å². The van der Waals surface area contributed by atoms with Crippen molar-refractivity contribution in [2.45, 2.75) is 0 Å². The van der Waals surface area contributed by atoms with Gasteiger partial charge in [-0.2, -0.15) is 0 Å². The Hall–Kier alpha value is -3.71. The number of amides is 1. The lowest BCUT2D eigenvalue weighted by Gasteiger charge is -2.15. The molecule has 7 heteroatoms. The van der Waals surface area contributed by atoms with E-state index in [4.69, 9.17) is 0 Å². The lowest BCUT2D eigenvalue weighted by Crippen LogP contribution is -2.28. The summed E-state index contributed by atoms with van der Waals surface area (Å²) in [7, 11) is 0. The largest absolute Gasteiger partial charge is 0.276 e. The van der Waals surface area contributed by atoms with Gasteiger partial charge in [-0.15, -0.1) is 0 Å². The Morgan fingerprint density at radius 2 is 1.52 bits per heavy atom. The molecule has 0 saturated carbocycles. The van der Waals surface area contributed by atoms with Crippen LogP contribution >= 0.6 is 11.8 Å². The molecule has 0 spiro atoms. The Morgan fingerprint density at radius 1 is 0.897 bits per heavy atom. The van der Waals surface area contributed by atoms with E-state index in [2.05, 4.69) is 4.99 Å². The molecule has 0 atom stereocenters.